The molecule has 1 saturated carbocycles. The van der Waals surface area contributed by atoms with E-state index in [4.69, 9.17) is 0 Å². The van der Waals surface area contributed by atoms with Gasteiger partial charge in [-0.3, -0.25) is 4.72 Å². The normalized spacial score (nSPS) is 17.2. The molecule has 0 amide bonds. The minimum atomic E-state index is -3.23. The van der Waals surface area contributed by atoms with Gasteiger partial charge in [0.25, 0.3) is 0 Å². The Hall–Kier alpha value is -1.30. The molecule has 0 spiro atoms. The first kappa shape index (κ1) is 14.1. The zero-order valence-electron chi connectivity index (χ0n) is 11.5. The van der Waals surface area contributed by atoms with Gasteiger partial charge < -0.3 is 4.90 Å². The highest BCUT2D eigenvalue weighted by Gasteiger charge is 2.18. The van der Waals surface area contributed by atoms with Crippen LogP contribution in [0.4, 0.5) is 11.5 Å². The van der Waals surface area contributed by atoms with Crippen LogP contribution < -0.4 is 9.62 Å². The SMILES string of the molecule is CN(c1ccc(NS(C)(=O)=O)cn1)C1CCCCC1. The summed E-state index contributed by atoms with van der Waals surface area (Å²) >= 11 is 0. The molecule has 6 heteroatoms. The number of hydrogen-bond acceptors (Lipinski definition) is 4. The number of anilines is 2. The van der Waals surface area contributed by atoms with Crippen molar-refractivity contribution in [3.8, 4) is 0 Å². The van der Waals surface area contributed by atoms with E-state index in [2.05, 4.69) is 21.7 Å². The Morgan fingerprint density at radius 1 is 1.26 bits per heavy atom. The van der Waals surface area contributed by atoms with E-state index in [1.165, 1.54) is 32.1 Å². The maximum atomic E-state index is 11.1. The molecule has 19 heavy (non-hydrogen) atoms. The molecule has 0 radical (unpaired) electrons. The van der Waals surface area contributed by atoms with Crippen LogP contribution in [0, 0.1) is 0 Å². The van der Waals surface area contributed by atoms with Crippen LogP contribution in [0.3, 0.4) is 0 Å². The molecule has 0 bridgehead atoms. The Labute approximate surface area is 115 Å². The summed E-state index contributed by atoms with van der Waals surface area (Å²) in [5, 5.41) is 0. The highest BCUT2D eigenvalue weighted by Crippen LogP contribution is 2.25. The van der Waals surface area contributed by atoms with E-state index in [0.29, 0.717) is 11.7 Å². The first-order valence-corrected chi connectivity index (χ1v) is 8.51. The average molecular weight is 283 g/mol. The number of nitrogens with zero attached hydrogens (tertiary/aromatic N) is 2. The Balaban J connectivity index is 2.04. The maximum Gasteiger partial charge on any atom is 0.229 e. The zero-order chi connectivity index (χ0) is 13.9. The Bertz CT molecular complexity index is 507. The third-order valence-electron chi connectivity index (χ3n) is 3.53. The van der Waals surface area contributed by atoms with Crippen molar-refractivity contribution in [2.45, 2.75) is 38.1 Å². The molecule has 0 unspecified atom stereocenters. The molecule has 1 fully saturated rings. The van der Waals surface area contributed by atoms with Gasteiger partial charge in [0, 0.05) is 13.1 Å². The Morgan fingerprint density at radius 3 is 2.47 bits per heavy atom. The lowest BCUT2D eigenvalue weighted by Gasteiger charge is -2.32. The molecule has 2 rings (SSSR count). The summed E-state index contributed by atoms with van der Waals surface area (Å²) in [7, 11) is -1.18. The molecule has 5 nitrogen and oxygen atoms in total. The van der Waals surface area contributed by atoms with Gasteiger partial charge in [-0.05, 0) is 25.0 Å². The molecule has 0 aromatic carbocycles. The van der Waals surface area contributed by atoms with Crippen LogP contribution in [-0.4, -0.2) is 32.7 Å². The second-order valence-corrected chi connectivity index (χ2v) is 6.93. The van der Waals surface area contributed by atoms with Crippen LogP contribution in [-0.2, 0) is 10.0 Å². The van der Waals surface area contributed by atoms with Gasteiger partial charge >= 0.3 is 0 Å². The number of hydrogen-bond donors (Lipinski definition) is 1. The van der Waals surface area contributed by atoms with E-state index in [1.54, 1.807) is 12.3 Å². The smallest absolute Gasteiger partial charge is 0.229 e. The first-order chi connectivity index (χ1) is 8.96. The highest BCUT2D eigenvalue weighted by molar-refractivity contribution is 7.92. The van der Waals surface area contributed by atoms with Gasteiger partial charge in [-0.25, -0.2) is 13.4 Å². The van der Waals surface area contributed by atoms with Gasteiger partial charge in [0.05, 0.1) is 18.1 Å². The van der Waals surface area contributed by atoms with Crippen molar-refractivity contribution in [2.75, 3.05) is 22.9 Å². The van der Waals surface area contributed by atoms with Gasteiger partial charge in [0.2, 0.25) is 10.0 Å². The van der Waals surface area contributed by atoms with Crippen molar-refractivity contribution in [2.24, 2.45) is 0 Å². The van der Waals surface area contributed by atoms with Crippen molar-refractivity contribution in [1.29, 1.82) is 0 Å². The second-order valence-electron chi connectivity index (χ2n) is 5.18. The maximum absolute atomic E-state index is 11.1. The minimum Gasteiger partial charge on any atom is -0.357 e. The monoisotopic (exact) mass is 283 g/mol. The molecule has 1 aliphatic carbocycles. The molecule has 1 heterocycles. The van der Waals surface area contributed by atoms with Gasteiger partial charge in [0.1, 0.15) is 5.82 Å². The van der Waals surface area contributed by atoms with E-state index < -0.39 is 10.0 Å². The summed E-state index contributed by atoms with van der Waals surface area (Å²) in [5.74, 6) is 0.894. The standard InChI is InChI=1S/C13H21N3O2S/c1-16(12-6-4-3-5-7-12)13-9-8-11(10-14-13)15-19(2,17)18/h8-10,12,15H,3-7H2,1-2H3. The van der Waals surface area contributed by atoms with E-state index >= 15 is 0 Å². The predicted octanol–water partition coefficient (Wildman–Crippen LogP) is 2.22. The number of pyridine rings is 1. The van der Waals surface area contributed by atoms with Gasteiger partial charge in [-0.15, -0.1) is 0 Å². The number of nitrogens with one attached hydrogen (secondary N) is 1. The molecule has 1 aromatic rings. The summed E-state index contributed by atoms with van der Waals surface area (Å²) in [5.41, 5.74) is 0.503. The topological polar surface area (TPSA) is 62.3 Å². The third-order valence-corrected chi connectivity index (χ3v) is 4.14. The van der Waals surface area contributed by atoms with Crippen molar-refractivity contribution >= 4 is 21.5 Å². The molecule has 0 atom stereocenters. The summed E-state index contributed by atoms with van der Waals surface area (Å²) in [4.78, 5) is 6.53. The predicted molar refractivity (Wildman–Crippen MR) is 78.0 cm³/mol. The van der Waals surface area contributed by atoms with Crippen LogP contribution in [0.2, 0.25) is 0 Å². The van der Waals surface area contributed by atoms with Crippen LogP contribution in [0.5, 0.6) is 0 Å². The quantitative estimate of drug-likeness (QED) is 0.920. The summed E-state index contributed by atoms with van der Waals surface area (Å²) in [6.07, 6.45) is 9.01. The van der Waals surface area contributed by atoms with Crippen molar-refractivity contribution in [3.63, 3.8) is 0 Å². The molecule has 1 aromatic heterocycles. The van der Waals surface area contributed by atoms with E-state index in [-0.39, 0.29) is 0 Å². The zero-order valence-corrected chi connectivity index (χ0v) is 12.3. The third kappa shape index (κ3) is 4.09. The first-order valence-electron chi connectivity index (χ1n) is 6.62. The molecule has 0 saturated heterocycles. The molecular weight excluding hydrogens is 262 g/mol. The van der Waals surface area contributed by atoms with Crippen LogP contribution in [0.1, 0.15) is 32.1 Å². The van der Waals surface area contributed by atoms with E-state index in [9.17, 15) is 8.42 Å². The Kier molecular flexibility index (Phi) is 4.29. The molecule has 1 aliphatic rings. The van der Waals surface area contributed by atoms with Crippen molar-refractivity contribution in [3.05, 3.63) is 18.3 Å². The van der Waals surface area contributed by atoms with Gasteiger partial charge in [0.15, 0.2) is 0 Å². The molecule has 1 N–H and O–H groups in total. The summed E-state index contributed by atoms with van der Waals surface area (Å²) in [6, 6.07) is 4.17. The molecular formula is C13H21N3O2S. The second kappa shape index (κ2) is 5.77. The van der Waals surface area contributed by atoms with Crippen LogP contribution >= 0.6 is 0 Å². The van der Waals surface area contributed by atoms with Crippen molar-refractivity contribution in [1.82, 2.24) is 4.98 Å². The lowest BCUT2D eigenvalue weighted by Crippen LogP contribution is -2.33. The van der Waals surface area contributed by atoms with Crippen LogP contribution in [0.25, 0.3) is 0 Å². The van der Waals surface area contributed by atoms with Gasteiger partial charge in [-0.1, -0.05) is 19.3 Å². The van der Waals surface area contributed by atoms with E-state index in [0.717, 1.165) is 12.1 Å². The van der Waals surface area contributed by atoms with Gasteiger partial charge in [-0.2, -0.15) is 0 Å². The number of rotatable bonds is 4. The lowest BCUT2D eigenvalue weighted by molar-refractivity contribution is 0.426. The Morgan fingerprint density at radius 2 is 1.95 bits per heavy atom. The van der Waals surface area contributed by atoms with Crippen molar-refractivity contribution < 1.29 is 8.42 Å². The van der Waals surface area contributed by atoms with E-state index in [1.807, 2.05) is 6.07 Å². The fraction of sp³-hybridized carbons (Fsp3) is 0.615. The fourth-order valence-electron chi connectivity index (χ4n) is 2.52. The average Bonchev–Trinajstić information content (AvgIpc) is 2.38. The lowest BCUT2D eigenvalue weighted by atomic mass is 9.94. The molecule has 106 valence electrons. The summed E-state index contributed by atoms with van der Waals surface area (Å²) in [6.45, 7) is 0. The fourth-order valence-corrected chi connectivity index (χ4v) is 3.07. The number of aromatic nitrogens is 1. The largest absolute Gasteiger partial charge is 0.357 e. The number of sulfonamides is 1. The highest BCUT2D eigenvalue weighted by atomic mass is 32.2. The minimum absolute atomic E-state index is 0.503. The summed E-state index contributed by atoms with van der Waals surface area (Å²) < 4.78 is 24.7. The van der Waals surface area contributed by atoms with Crippen LogP contribution in [0.15, 0.2) is 18.3 Å². The molecule has 0 aliphatic heterocycles.